The van der Waals surface area contributed by atoms with Gasteiger partial charge in [0.05, 0.1) is 17.3 Å². The van der Waals surface area contributed by atoms with Crippen LogP contribution in [0.15, 0.2) is 70.9 Å². The molecule has 0 aliphatic carbocycles. The Labute approximate surface area is 172 Å². The predicted molar refractivity (Wildman–Crippen MR) is 109 cm³/mol. The lowest BCUT2D eigenvalue weighted by Gasteiger charge is -2.38. The van der Waals surface area contributed by atoms with E-state index in [1.54, 1.807) is 19.1 Å². The van der Waals surface area contributed by atoms with E-state index in [0.717, 1.165) is 5.56 Å². The van der Waals surface area contributed by atoms with Gasteiger partial charge in [0.15, 0.2) is 5.17 Å². The quantitative estimate of drug-likeness (QED) is 0.708. The minimum absolute atomic E-state index is 0.113. The van der Waals surface area contributed by atoms with Crippen molar-refractivity contribution in [2.24, 2.45) is 4.99 Å². The number of carbonyl (C=O) groups is 2. The van der Waals surface area contributed by atoms with E-state index in [1.807, 2.05) is 30.3 Å². The summed E-state index contributed by atoms with van der Waals surface area (Å²) in [5.41, 5.74) is 2.31. The maximum absolute atomic E-state index is 13.5. The van der Waals surface area contributed by atoms with Crippen molar-refractivity contribution in [3.63, 3.8) is 0 Å². The summed E-state index contributed by atoms with van der Waals surface area (Å²) >= 11 is 1.47. The van der Waals surface area contributed by atoms with Crippen molar-refractivity contribution in [2.75, 3.05) is 5.75 Å². The predicted octanol–water partition coefficient (Wildman–Crippen LogP) is 4.22. The van der Waals surface area contributed by atoms with E-state index >= 15 is 0 Å². The number of amidine groups is 1. The molecule has 0 N–H and O–H groups in total. The third-order valence-electron chi connectivity index (χ3n) is 4.83. The number of hydrogen-bond donors (Lipinski definition) is 0. The Morgan fingerprint density at radius 3 is 2.66 bits per heavy atom. The molecule has 5 nitrogen and oxygen atoms in total. The zero-order valence-corrected chi connectivity index (χ0v) is 16.6. The summed E-state index contributed by atoms with van der Waals surface area (Å²) in [7, 11) is 0. The van der Waals surface area contributed by atoms with Crippen LogP contribution in [-0.2, 0) is 20.9 Å². The highest BCUT2D eigenvalue weighted by Gasteiger charge is 2.41. The van der Waals surface area contributed by atoms with Crippen molar-refractivity contribution in [3.05, 3.63) is 82.8 Å². The zero-order chi connectivity index (χ0) is 20.4. The van der Waals surface area contributed by atoms with Crippen LogP contribution in [0, 0.1) is 5.82 Å². The van der Waals surface area contributed by atoms with Crippen LogP contribution in [0.2, 0.25) is 0 Å². The topological polar surface area (TPSA) is 59.0 Å². The highest BCUT2D eigenvalue weighted by Crippen LogP contribution is 2.40. The summed E-state index contributed by atoms with van der Waals surface area (Å²) in [5.74, 6) is -0.387. The second-order valence-electron chi connectivity index (χ2n) is 6.77. The van der Waals surface area contributed by atoms with Gasteiger partial charge in [-0.3, -0.25) is 9.69 Å². The van der Waals surface area contributed by atoms with Crippen molar-refractivity contribution in [2.45, 2.75) is 26.0 Å². The summed E-state index contributed by atoms with van der Waals surface area (Å²) in [6, 6.07) is 14.5. The number of hydrogen-bond acceptors (Lipinski definition) is 5. The first-order valence-corrected chi connectivity index (χ1v) is 10.2. The van der Waals surface area contributed by atoms with E-state index in [-0.39, 0.29) is 18.3 Å². The van der Waals surface area contributed by atoms with Crippen LogP contribution in [0.1, 0.15) is 30.5 Å². The monoisotopic (exact) mass is 410 g/mol. The van der Waals surface area contributed by atoms with Gasteiger partial charge in [0.25, 0.3) is 0 Å². The lowest BCUT2D eigenvalue weighted by Crippen LogP contribution is -2.45. The summed E-state index contributed by atoms with van der Waals surface area (Å²) in [4.78, 5) is 31.8. The molecule has 0 radical (unpaired) electrons. The second-order valence-corrected chi connectivity index (χ2v) is 7.83. The summed E-state index contributed by atoms with van der Waals surface area (Å²) in [6.07, 6.45) is 0.354. The number of aliphatic imine (C=N–C) groups is 1. The fourth-order valence-electron chi connectivity index (χ4n) is 3.42. The summed E-state index contributed by atoms with van der Waals surface area (Å²) in [6.45, 7) is 1.85. The van der Waals surface area contributed by atoms with Gasteiger partial charge in [-0.25, -0.2) is 14.2 Å². The van der Waals surface area contributed by atoms with Crippen LogP contribution in [0.3, 0.4) is 0 Å². The molecule has 0 bridgehead atoms. The maximum atomic E-state index is 13.5. The molecule has 29 heavy (non-hydrogen) atoms. The summed E-state index contributed by atoms with van der Waals surface area (Å²) in [5, 5.41) is 0.563. The summed E-state index contributed by atoms with van der Waals surface area (Å²) < 4.78 is 19.0. The highest BCUT2D eigenvalue weighted by molar-refractivity contribution is 8.14. The van der Waals surface area contributed by atoms with E-state index in [9.17, 15) is 14.0 Å². The molecule has 0 spiro atoms. The molecule has 4 rings (SSSR count). The number of carbonyl (C=O) groups excluding carboxylic acids is 2. The standard InChI is InChI=1S/C22H19FN2O3S/c1-14-19(21(27)28-13-15-5-3-2-4-6-15)20(16-7-9-17(23)10-8-16)25-18(26)11-12-29-22(25)24-14/h2-10,20H,11-13H2,1H3. The first kappa shape index (κ1) is 19.4. The Bertz CT molecular complexity index is 1000. The fourth-order valence-corrected chi connectivity index (χ4v) is 4.43. The third kappa shape index (κ3) is 3.96. The molecule has 7 heteroatoms. The van der Waals surface area contributed by atoms with Crippen molar-refractivity contribution < 1.29 is 18.7 Å². The van der Waals surface area contributed by atoms with E-state index < -0.39 is 12.0 Å². The van der Waals surface area contributed by atoms with Gasteiger partial charge in [-0.15, -0.1) is 0 Å². The number of ether oxygens (including phenoxy) is 1. The van der Waals surface area contributed by atoms with E-state index in [1.165, 1.54) is 28.8 Å². The normalized spacial score (nSPS) is 19.0. The molecule has 1 fully saturated rings. The molecular formula is C22H19FN2O3S. The van der Waals surface area contributed by atoms with Crippen LogP contribution in [0.4, 0.5) is 4.39 Å². The largest absolute Gasteiger partial charge is 0.457 e. The van der Waals surface area contributed by atoms with Crippen molar-refractivity contribution in [3.8, 4) is 0 Å². The van der Waals surface area contributed by atoms with Crippen molar-refractivity contribution >= 4 is 28.8 Å². The van der Waals surface area contributed by atoms with Gasteiger partial charge >= 0.3 is 5.97 Å². The van der Waals surface area contributed by atoms with Crippen molar-refractivity contribution in [1.29, 1.82) is 0 Å². The lowest BCUT2D eigenvalue weighted by atomic mass is 9.94. The van der Waals surface area contributed by atoms with E-state index in [2.05, 4.69) is 4.99 Å². The van der Waals surface area contributed by atoms with Gasteiger partial charge in [-0.2, -0.15) is 0 Å². The number of esters is 1. The molecule has 1 atom stereocenters. The molecule has 0 aromatic heterocycles. The first-order chi connectivity index (χ1) is 14.0. The molecule has 1 saturated heterocycles. The zero-order valence-electron chi connectivity index (χ0n) is 15.8. The minimum Gasteiger partial charge on any atom is -0.457 e. The molecule has 1 amide bonds. The average Bonchev–Trinajstić information content (AvgIpc) is 2.72. The third-order valence-corrected chi connectivity index (χ3v) is 5.78. The molecule has 2 heterocycles. The van der Waals surface area contributed by atoms with Gasteiger partial charge in [-0.1, -0.05) is 54.2 Å². The van der Waals surface area contributed by atoms with Gasteiger partial charge in [0.2, 0.25) is 5.91 Å². The minimum atomic E-state index is -0.688. The van der Waals surface area contributed by atoms with Crippen LogP contribution in [-0.4, -0.2) is 27.7 Å². The Balaban J connectivity index is 1.71. The second kappa shape index (κ2) is 8.21. The Morgan fingerprint density at radius 1 is 1.21 bits per heavy atom. The smallest absolute Gasteiger partial charge is 0.338 e. The van der Waals surface area contributed by atoms with Gasteiger partial charge in [-0.05, 0) is 30.2 Å². The molecule has 0 saturated carbocycles. The van der Waals surface area contributed by atoms with Crippen LogP contribution >= 0.6 is 11.8 Å². The number of thioether (sulfide) groups is 1. The van der Waals surface area contributed by atoms with E-state index in [0.29, 0.717) is 34.2 Å². The van der Waals surface area contributed by atoms with Crippen molar-refractivity contribution in [1.82, 2.24) is 4.90 Å². The number of fused-ring (bicyclic) bond motifs is 1. The Hall–Kier alpha value is -2.93. The first-order valence-electron chi connectivity index (χ1n) is 9.25. The number of allylic oxidation sites excluding steroid dienone is 1. The van der Waals surface area contributed by atoms with Gasteiger partial charge < -0.3 is 4.74 Å². The van der Waals surface area contributed by atoms with Gasteiger partial charge in [0, 0.05) is 12.2 Å². The molecular weight excluding hydrogens is 391 g/mol. The van der Waals surface area contributed by atoms with Crippen LogP contribution in [0.5, 0.6) is 0 Å². The highest BCUT2D eigenvalue weighted by atomic mass is 32.2. The average molecular weight is 410 g/mol. The number of amides is 1. The molecule has 2 aromatic rings. The Kier molecular flexibility index (Phi) is 5.49. The number of rotatable bonds is 4. The molecule has 148 valence electrons. The molecule has 2 aliphatic heterocycles. The lowest BCUT2D eigenvalue weighted by molar-refractivity contribution is -0.141. The number of benzene rings is 2. The SMILES string of the molecule is CC1=C(C(=O)OCc2ccccc2)C(c2ccc(F)cc2)N2C(=O)CCSC2=N1. The molecule has 2 aromatic carbocycles. The van der Waals surface area contributed by atoms with Crippen LogP contribution < -0.4 is 0 Å². The number of nitrogens with zero attached hydrogens (tertiary/aromatic N) is 2. The molecule has 1 unspecified atom stereocenters. The van der Waals surface area contributed by atoms with E-state index in [4.69, 9.17) is 4.74 Å². The Morgan fingerprint density at radius 2 is 1.93 bits per heavy atom. The molecule has 2 aliphatic rings. The fraction of sp³-hybridized carbons (Fsp3) is 0.227. The van der Waals surface area contributed by atoms with Gasteiger partial charge in [0.1, 0.15) is 12.4 Å². The number of halogens is 1. The maximum Gasteiger partial charge on any atom is 0.338 e. The van der Waals surface area contributed by atoms with Crippen LogP contribution in [0.25, 0.3) is 0 Å².